The van der Waals surface area contributed by atoms with Gasteiger partial charge in [0.25, 0.3) is 0 Å². The van der Waals surface area contributed by atoms with Gasteiger partial charge in [-0.25, -0.2) is 0 Å². The fraction of sp³-hybridized carbons (Fsp3) is 0.467. The van der Waals surface area contributed by atoms with Crippen LogP contribution in [0.4, 0.5) is 5.69 Å². The summed E-state index contributed by atoms with van der Waals surface area (Å²) < 4.78 is 0.791. The van der Waals surface area contributed by atoms with E-state index in [-0.39, 0.29) is 11.8 Å². The number of benzene rings is 1. The normalized spacial score (nSPS) is 11.1. The van der Waals surface area contributed by atoms with Crippen molar-refractivity contribution in [1.82, 2.24) is 4.90 Å². The molecule has 0 aromatic heterocycles. The Kier molecular flexibility index (Phi) is 5.74. The van der Waals surface area contributed by atoms with Gasteiger partial charge < -0.3 is 10.2 Å². The van der Waals surface area contributed by atoms with Crippen LogP contribution in [0.3, 0.4) is 0 Å². The first-order valence-electron chi connectivity index (χ1n) is 6.69. The van der Waals surface area contributed by atoms with Crippen LogP contribution in [0, 0.1) is 5.41 Å². The molecule has 1 aromatic carbocycles. The molecule has 0 spiro atoms. The zero-order valence-corrected chi connectivity index (χ0v) is 14.0. The van der Waals surface area contributed by atoms with E-state index in [9.17, 15) is 9.59 Å². The molecule has 0 saturated carbocycles. The molecule has 20 heavy (non-hydrogen) atoms. The van der Waals surface area contributed by atoms with Crippen molar-refractivity contribution in [3.05, 3.63) is 28.7 Å². The highest BCUT2D eigenvalue weighted by Crippen LogP contribution is 2.26. The summed E-state index contributed by atoms with van der Waals surface area (Å²) in [6, 6.07) is 7.33. The zero-order valence-electron chi connectivity index (χ0n) is 12.4. The van der Waals surface area contributed by atoms with E-state index in [0.29, 0.717) is 18.8 Å². The van der Waals surface area contributed by atoms with Gasteiger partial charge in [0.05, 0.1) is 5.69 Å². The van der Waals surface area contributed by atoms with Crippen LogP contribution in [0.1, 0.15) is 27.7 Å². The highest BCUT2D eigenvalue weighted by molar-refractivity contribution is 9.10. The largest absolute Gasteiger partial charge is 0.342 e. The average molecular weight is 341 g/mol. The van der Waals surface area contributed by atoms with Crippen molar-refractivity contribution in [3.63, 3.8) is 0 Å². The third kappa shape index (κ3) is 3.60. The van der Waals surface area contributed by atoms with Crippen LogP contribution in [0.5, 0.6) is 0 Å². The Hall–Kier alpha value is -1.36. The topological polar surface area (TPSA) is 49.4 Å². The molecular weight excluding hydrogens is 320 g/mol. The van der Waals surface area contributed by atoms with Crippen LogP contribution in [0.15, 0.2) is 28.7 Å². The van der Waals surface area contributed by atoms with Crippen LogP contribution in [0.2, 0.25) is 0 Å². The summed E-state index contributed by atoms with van der Waals surface area (Å²) in [5, 5.41) is 2.80. The highest BCUT2D eigenvalue weighted by Gasteiger charge is 2.38. The first-order valence-corrected chi connectivity index (χ1v) is 7.49. The van der Waals surface area contributed by atoms with Gasteiger partial charge in [0.2, 0.25) is 11.8 Å². The molecule has 0 bridgehead atoms. The van der Waals surface area contributed by atoms with E-state index in [0.717, 1.165) is 4.47 Å². The third-order valence-corrected chi connectivity index (χ3v) is 3.97. The van der Waals surface area contributed by atoms with E-state index >= 15 is 0 Å². The van der Waals surface area contributed by atoms with E-state index < -0.39 is 5.41 Å². The summed E-state index contributed by atoms with van der Waals surface area (Å²) >= 11 is 3.37. The monoisotopic (exact) mass is 340 g/mol. The van der Waals surface area contributed by atoms with Gasteiger partial charge in [0.15, 0.2) is 0 Å². The van der Waals surface area contributed by atoms with Crippen LogP contribution < -0.4 is 5.32 Å². The number of anilines is 1. The average Bonchev–Trinajstić information content (AvgIpc) is 2.42. The number of halogens is 1. The molecule has 110 valence electrons. The molecule has 1 rings (SSSR count). The lowest BCUT2D eigenvalue weighted by Gasteiger charge is -2.29. The van der Waals surface area contributed by atoms with Gasteiger partial charge in [-0.05, 0) is 55.8 Å². The second kappa shape index (κ2) is 6.88. The van der Waals surface area contributed by atoms with Gasteiger partial charge >= 0.3 is 0 Å². The first kappa shape index (κ1) is 16.7. The number of carbonyl (C=O) groups is 2. The predicted molar refractivity (Wildman–Crippen MR) is 84.5 cm³/mol. The minimum atomic E-state index is -1.10. The number of hydrogen-bond acceptors (Lipinski definition) is 2. The van der Waals surface area contributed by atoms with E-state index in [2.05, 4.69) is 21.2 Å². The number of amides is 2. The number of rotatable bonds is 5. The van der Waals surface area contributed by atoms with Crippen molar-refractivity contribution in [2.75, 3.05) is 18.4 Å². The number of nitrogens with one attached hydrogen (secondary N) is 1. The van der Waals surface area contributed by atoms with Crippen LogP contribution >= 0.6 is 15.9 Å². The van der Waals surface area contributed by atoms with Gasteiger partial charge in [-0.1, -0.05) is 12.1 Å². The SMILES string of the molecule is CCN(CC)C(=O)C(C)(C)C(=O)Nc1ccccc1Br. The standard InChI is InChI=1S/C15H21BrN2O2/c1-5-18(6-2)14(20)15(3,4)13(19)17-12-10-8-7-9-11(12)16/h7-10H,5-6H2,1-4H3,(H,17,19). The van der Waals surface area contributed by atoms with Crippen LogP contribution in [-0.2, 0) is 9.59 Å². The molecule has 0 radical (unpaired) electrons. The van der Waals surface area contributed by atoms with Crippen molar-refractivity contribution < 1.29 is 9.59 Å². The number of para-hydroxylation sites is 1. The summed E-state index contributed by atoms with van der Waals surface area (Å²) in [4.78, 5) is 26.4. The summed E-state index contributed by atoms with van der Waals surface area (Å²) in [6.45, 7) is 8.31. The quantitative estimate of drug-likeness (QED) is 0.836. The van der Waals surface area contributed by atoms with Gasteiger partial charge in [0, 0.05) is 17.6 Å². The van der Waals surface area contributed by atoms with E-state index in [1.165, 1.54) is 0 Å². The van der Waals surface area contributed by atoms with Crippen LogP contribution in [0.25, 0.3) is 0 Å². The maximum absolute atomic E-state index is 12.4. The minimum absolute atomic E-state index is 0.160. The predicted octanol–water partition coefficient (Wildman–Crippen LogP) is 3.28. The molecule has 1 aromatic rings. The van der Waals surface area contributed by atoms with Crippen molar-refractivity contribution in [1.29, 1.82) is 0 Å². The molecule has 0 aliphatic carbocycles. The van der Waals surface area contributed by atoms with Gasteiger partial charge in [-0.15, -0.1) is 0 Å². The summed E-state index contributed by atoms with van der Waals surface area (Å²) in [5.41, 5.74) is -0.431. The minimum Gasteiger partial charge on any atom is -0.342 e. The Morgan fingerprint density at radius 3 is 2.25 bits per heavy atom. The van der Waals surface area contributed by atoms with E-state index in [4.69, 9.17) is 0 Å². The Morgan fingerprint density at radius 2 is 1.75 bits per heavy atom. The fourth-order valence-corrected chi connectivity index (χ4v) is 2.23. The van der Waals surface area contributed by atoms with Crippen molar-refractivity contribution in [2.45, 2.75) is 27.7 Å². The van der Waals surface area contributed by atoms with Crippen LogP contribution in [-0.4, -0.2) is 29.8 Å². The zero-order chi connectivity index (χ0) is 15.3. The molecule has 4 nitrogen and oxygen atoms in total. The maximum Gasteiger partial charge on any atom is 0.239 e. The Morgan fingerprint density at radius 1 is 1.20 bits per heavy atom. The third-order valence-electron chi connectivity index (χ3n) is 3.28. The Bertz CT molecular complexity index is 496. The summed E-state index contributed by atoms with van der Waals surface area (Å²) in [5.74, 6) is -0.464. The number of nitrogens with zero attached hydrogens (tertiary/aromatic N) is 1. The van der Waals surface area contributed by atoms with Gasteiger partial charge in [0.1, 0.15) is 5.41 Å². The van der Waals surface area contributed by atoms with Gasteiger partial charge in [-0.3, -0.25) is 9.59 Å². The molecule has 0 atom stereocenters. The summed E-state index contributed by atoms with van der Waals surface area (Å²) in [6.07, 6.45) is 0. The van der Waals surface area contributed by atoms with E-state index in [1.54, 1.807) is 24.8 Å². The molecule has 0 aliphatic rings. The van der Waals surface area contributed by atoms with Crippen molar-refractivity contribution in [3.8, 4) is 0 Å². The lowest BCUT2D eigenvalue weighted by molar-refractivity contribution is -0.146. The fourth-order valence-electron chi connectivity index (χ4n) is 1.84. The molecule has 1 N–H and O–H groups in total. The smallest absolute Gasteiger partial charge is 0.239 e. The lowest BCUT2D eigenvalue weighted by Crippen LogP contribution is -2.47. The highest BCUT2D eigenvalue weighted by atomic mass is 79.9. The maximum atomic E-state index is 12.4. The first-order chi connectivity index (χ1) is 9.34. The molecule has 0 aliphatic heterocycles. The number of carbonyl (C=O) groups excluding carboxylic acids is 2. The second-order valence-corrected chi connectivity index (χ2v) is 5.89. The Balaban J connectivity index is 2.90. The second-order valence-electron chi connectivity index (χ2n) is 5.04. The Labute approximate surface area is 128 Å². The lowest BCUT2D eigenvalue weighted by atomic mass is 9.90. The van der Waals surface area contributed by atoms with Gasteiger partial charge in [-0.2, -0.15) is 0 Å². The molecule has 2 amide bonds. The number of hydrogen-bond donors (Lipinski definition) is 1. The summed E-state index contributed by atoms with van der Waals surface area (Å²) in [7, 11) is 0. The molecule has 0 heterocycles. The molecule has 0 fully saturated rings. The van der Waals surface area contributed by atoms with E-state index in [1.807, 2.05) is 32.0 Å². The van der Waals surface area contributed by atoms with Crippen molar-refractivity contribution in [2.24, 2.45) is 5.41 Å². The van der Waals surface area contributed by atoms with Crippen molar-refractivity contribution >= 4 is 33.4 Å². The molecular formula is C15H21BrN2O2. The molecule has 0 saturated heterocycles. The molecule has 5 heteroatoms. The molecule has 0 unspecified atom stereocenters.